The lowest BCUT2D eigenvalue weighted by atomic mass is 10.1. The van der Waals surface area contributed by atoms with Gasteiger partial charge in [0.2, 0.25) is 0 Å². The predicted molar refractivity (Wildman–Crippen MR) is 40.1 cm³/mol. The lowest BCUT2D eigenvalue weighted by molar-refractivity contribution is 1.35. The van der Waals surface area contributed by atoms with E-state index in [0.29, 0.717) is 17.7 Å². The normalized spacial score (nSPS) is 15.2. The molecule has 0 atom stereocenters. The van der Waals surface area contributed by atoms with Gasteiger partial charge in [0.25, 0.3) is 0 Å². The smallest absolute Gasteiger partial charge is 0.131 e. The molecular weight excluding hydrogens is 126 g/mol. The zero-order valence-electron chi connectivity index (χ0n) is 5.36. The minimum absolute atomic E-state index is 0.0139. The monoisotopic (exact) mass is 133 g/mol. The van der Waals surface area contributed by atoms with Crippen LogP contribution in [0.2, 0.25) is 0 Å². The molecule has 0 aromatic carbocycles. The summed E-state index contributed by atoms with van der Waals surface area (Å²) in [5.41, 5.74) is 6.07. The van der Waals surface area contributed by atoms with Crippen LogP contribution in [0, 0.1) is 22.7 Å². The Kier molecular flexibility index (Phi) is 1.55. The summed E-state index contributed by atoms with van der Waals surface area (Å²) in [6.07, 6.45) is 2.20. The highest BCUT2D eigenvalue weighted by molar-refractivity contribution is 6.07. The molecule has 50 valence electrons. The molecule has 10 heavy (non-hydrogen) atoms. The Morgan fingerprint density at radius 1 is 1.60 bits per heavy atom. The molecule has 0 bridgehead atoms. The summed E-state index contributed by atoms with van der Waals surface area (Å²) in [4.78, 5) is 0. The van der Waals surface area contributed by atoms with Crippen molar-refractivity contribution in [2.24, 2.45) is 5.73 Å². The molecule has 0 aromatic heterocycles. The highest BCUT2D eigenvalue weighted by Gasteiger charge is 2.01. The van der Waals surface area contributed by atoms with Crippen LogP contribution < -0.4 is 5.73 Å². The Labute approximate surface area is 58.9 Å². The molecule has 0 unspecified atom stereocenters. The van der Waals surface area contributed by atoms with Gasteiger partial charge in [0.1, 0.15) is 5.84 Å². The van der Waals surface area contributed by atoms with Gasteiger partial charge in [-0.05, 0) is 5.92 Å². The van der Waals surface area contributed by atoms with E-state index in [1.165, 1.54) is 0 Å². The van der Waals surface area contributed by atoms with Gasteiger partial charge in [0.05, 0.1) is 11.3 Å². The number of hydrogen-bond donors (Lipinski definition) is 3. The van der Waals surface area contributed by atoms with E-state index in [0.717, 1.165) is 0 Å². The van der Waals surface area contributed by atoms with Crippen LogP contribution in [0.3, 0.4) is 0 Å². The Balaban J connectivity index is 2.85. The highest BCUT2D eigenvalue weighted by Crippen LogP contribution is 2.00. The van der Waals surface area contributed by atoms with Crippen molar-refractivity contribution in [3.8, 4) is 11.8 Å². The number of nitrogens with one attached hydrogen (secondary N) is 2. The van der Waals surface area contributed by atoms with Gasteiger partial charge in [-0.3, -0.25) is 10.8 Å². The van der Waals surface area contributed by atoms with Gasteiger partial charge in [0, 0.05) is 6.42 Å². The van der Waals surface area contributed by atoms with Gasteiger partial charge in [-0.25, -0.2) is 0 Å². The number of amidine groups is 1. The fourth-order valence-electron chi connectivity index (χ4n) is 0.626. The van der Waals surface area contributed by atoms with Gasteiger partial charge in [0.15, 0.2) is 0 Å². The molecule has 1 aliphatic carbocycles. The summed E-state index contributed by atoms with van der Waals surface area (Å²) in [5.74, 6) is 5.15. The third-order valence-electron chi connectivity index (χ3n) is 1.15. The van der Waals surface area contributed by atoms with E-state index >= 15 is 0 Å². The van der Waals surface area contributed by atoms with Crippen LogP contribution in [0.1, 0.15) is 6.42 Å². The lowest BCUT2D eigenvalue weighted by Gasteiger charge is -1.99. The molecule has 1 rings (SSSR count). The minimum atomic E-state index is -0.0139. The van der Waals surface area contributed by atoms with Crippen LogP contribution >= 0.6 is 0 Å². The largest absolute Gasteiger partial charge is 0.383 e. The van der Waals surface area contributed by atoms with Gasteiger partial charge in [-0.1, -0.05) is 12.0 Å². The first kappa shape index (κ1) is 6.56. The highest BCUT2D eigenvalue weighted by atomic mass is 14.7. The van der Waals surface area contributed by atoms with Gasteiger partial charge in [-0.15, -0.1) is 0 Å². The summed E-state index contributed by atoms with van der Waals surface area (Å²) >= 11 is 0. The molecule has 3 nitrogen and oxygen atoms in total. The molecule has 0 radical (unpaired) electrons. The fraction of sp³-hybridized carbons (Fsp3) is 0.143. The molecular formula is C7H7N3. The van der Waals surface area contributed by atoms with Crippen molar-refractivity contribution in [3.05, 3.63) is 11.6 Å². The van der Waals surface area contributed by atoms with E-state index in [1.54, 1.807) is 6.08 Å². The van der Waals surface area contributed by atoms with Crippen LogP contribution in [0.15, 0.2) is 11.6 Å². The summed E-state index contributed by atoms with van der Waals surface area (Å²) in [6.45, 7) is 0. The molecule has 0 aliphatic heterocycles. The topological polar surface area (TPSA) is 73.7 Å². The maximum absolute atomic E-state index is 7.09. The summed E-state index contributed by atoms with van der Waals surface area (Å²) in [6, 6.07) is 0. The molecule has 0 saturated heterocycles. The molecule has 1 aliphatic rings. The van der Waals surface area contributed by atoms with E-state index in [4.69, 9.17) is 16.6 Å². The average Bonchev–Trinajstić information content (AvgIpc) is 1.88. The Morgan fingerprint density at radius 2 is 2.30 bits per heavy atom. The lowest BCUT2D eigenvalue weighted by Crippen LogP contribution is -2.13. The number of rotatable bonds is 1. The van der Waals surface area contributed by atoms with E-state index < -0.39 is 0 Å². The maximum Gasteiger partial charge on any atom is 0.131 e. The molecule has 0 aromatic rings. The number of nitrogens with two attached hydrogens (primary N) is 1. The summed E-state index contributed by atoms with van der Waals surface area (Å²) < 4.78 is 0. The van der Waals surface area contributed by atoms with E-state index in [2.05, 4.69) is 11.8 Å². The standard InChI is InChI=1S/C7H7N3/c8-6-3-1-5(2-4-6)7(9)10/h1,8H,3H2,(H3,9,10). The Bertz CT molecular complexity index is 275. The molecule has 0 heterocycles. The minimum Gasteiger partial charge on any atom is -0.383 e. The second-order valence-corrected chi connectivity index (χ2v) is 1.96. The first-order chi connectivity index (χ1) is 4.70. The van der Waals surface area contributed by atoms with E-state index in [9.17, 15) is 0 Å². The first-order valence-corrected chi connectivity index (χ1v) is 2.84. The Morgan fingerprint density at radius 3 is 2.70 bits per heavy atom. The summed E-state index contributed by atoms with van der Waals surface area (Å²) in [5, 5.41) is 14.1. The van der Waals surface area contributed by atoms with Crippen LogP contribution in [0.5, 0.6) is 0 Å². The zero-order chi connectivity index (χ0) is 7.56. The van der Waals surface area contributed by atoms with Crippen molar-refractivity contribution < 1.29 is 0 Å². The second kappa shape index (κ2) is 2.36. The zero-order valence-corrected chi connectivity index (χ0v) is 5.36. The van der Waals surface area contributed by atoms with Gasteiger partial charge < -0.3 is 5.73 Å². The predicted octanol–water partition coefficient (Wildman–Crippen LogP) is 0.276. The molecule has 4 N–H and O–H groups in total. The van der Waals surface area contributed by atoms with Crippen LogP contribution in [0.25, 0.3) is 0 Å². The molecule has 0 saturated carbocycles. The molecule has 0 spiro atoms. The van der Waals surface area contributed by atoms with Crippen LogP contribution in [-0.2, 0) is 0 Å². The maximum atomic E-state index is 7.09. The third kappa shape index (κ3) is 1.23. The van der Waals surface area contributed by atoms with Crippen molar-refractivity contribution >= 4 is 11.5 Å². The van der Waals surface area contributed by atoms with Crippen molar-refractivity contribution in [1.82, 2.24) is 0 Å². The fourth-order valence-corrected chi connectivity index (χ4v) is 0.626. The molecule has 3 heteroatoms. The van der Waals surface area contributed by atoms with Gasteiger partial charge >= 0.3 is 0 Å². The van der Waals surface area contributed by atoms with Crippen molar-refractivity contribution in [2.75, 3.05) is 0 Å². The van der Waals surface area contributed by atoms with Crippen LogP contribution in [-0.4, -0.2) is 11.5 Å². The van der Waals surface area contributed by atoms with Crippen molar-refractivity contribution in [1.29, 1.82) is 10.8 Å². The second-order valence-electron chi connectivity index (χ2n) is 1.96. The average molecular weight is 133 g/mol. The number of hydrogen-bond acceptors (Lipinski definition) is 2. The molecule has 0 amide bonds. The Hall–Kier alpha value is -1.56. The van der Waals surface area contributed by atoms with E-state index in [-0.39, 0.29) is 5.84 Å². The van der Waals surface area contributed by atoms with Crippen molar-refractivity contribution in [2.45, 2.75) is 6.42 Å². The van der Waals surface area contributed by atoms with Crippen LogP contribution in [0.4, 0.5) is 0 Å². The van der Waals surface area contributed by atoms with Crippen molar-refractivity contribution in [3.63, 3.8) is 0 Å². The number of allylic oxidation sites excluding steroid dienone is 1. The quantitative estimate of drug-likeness (QED) is 0.268. The third-order valence-corrected chi connectivity index (χ3v) is 1.15. The molecule has 0 fully saturated rings. The summed E-state index contributed by atoms with van der Waals surface area (Å²) in [7, 11) is 0. The SMILES string of the molecule is N=C1C#CC(C(=N)N)=CC1. The van der Waals surface area contributed by atoms with E-state index in [1.807, 2.05) is 0 Å². The van der Waals surface area contributed by atoms with Gasteiger partial charge in [-0.2, -0.15) is 0 Å². The first-order valence-electron chi connectivity index (χ1n) is 2.84.